The number of benzene rings is 5. The molecule has 1 aliphatic carbocycles. The lowest BCUT2D eigenvalue weighted by Crippen LogP contribution is -2.49. The number of Topliss-reactive ketones (excluding diaryl/α,β-unsaturated/α-hetero) is 4. The first-order valence-corrected chi connectivity index (χ1v) is 28.3. The van der Waals surface area contributed by atoms with Crippen molar-refractivity contribution in [2.75, 3.05) is 0 Å². The highest BCUT2D eigenvalue weighted by Crippen LogP contribution is 2.25. The Hall–Kier alpha value is -10.1. The zero-order valence-corrected chi connectivity index (χ0v) is 47.4. The molecule has 1 aliphatic rings. The van der Waals surface area contributed by atoms with Crippen LogP contribution in [0.2, 0.25) is 0 Å². The maximum absolute atomic E-state index is 13.1. The van der Waals surface area contributed by atoms with Crippen LogP contribution in [0.15, 0.2) is 170 Å². The van der Waals surface area contributed by atoms with Crippen LogP contribution < -0.4 is 27.0 Å². The molecule has 0 saturated heterocycles. The molecule has 3 unspecified atom stereocenters. The van der Waals surface area contributed by atoms with Crippen LogP contribution in [0.5, 0.6) is 0 Å². The minimum absolute atomic E-state index is 0.0574. The number of ketones is 4. The Labute approximate surface area is 497 Å². The molecule has 5 aromatic carbocycles. The van der Waals surface area contributed by atoms with Crippen molar-refractivity contribution in [3.05, 3.63) is 210 Å². The Morgan fingerprint density at radius 3 is 1.25 bits per heavy atom. The SMILES string of the molecule is CC(=O)C(=O)C(Cc1ccc(F)cc1)NC(=O)c1nsnc1-c1ccccc1.NC(=O)C(=O)C(Cc1ccccc1)NC(=O)c1nsnc1-c1cccnc1.O=C(NC1CC1)C(=O)C(Cc1ccccc1)NC(=O)c1nsnc1-c1ccccc1. The van der Waals surface area contributed by atoms with E-state index in [1.165, 1.54) is 24.3 Å². The summed E-state index contributed by atoms with van der Waals surface area (Å²) in [6, 6.07) is 42.4. The number of nitrogens with one attached hydrogen (secondary N) is 4. The summed E-state index contributed by atoms with van der Waals surface area (Å²) in [6.07, 6.45) is 5.31. The van der Waals surface area contributed by atoms with E-state index in [1.54, 1.807) is 60.9 Å². The highest BCUT2D eigenvalue weighted by Gasteiger charge is 2.34. The largest absolute Gasteiger partial charge is 0.363 e. The molecule has 0 spiro atoms. The van der Waals surface area contributed by atoms with E-state index in [2.05, 4.69) is 52.5 Å². The quantitative estimate of drug-likeness (QED) is 0.0469. The highest BCUT2D eigenvalue weighted by molar-refractivity contribution is 7.00. The van der Waals surface area contributed by atoms with Gasteiger partial charge >= 0.3 is 0 Å². The highest BCUT2D eigenvalue weighted by atomic mass is 32.1. The minimum Gasteiger partial charge on any atom is -0.363 e. The van der Waals surface area contributed by atoms with E-state index in [9.17, 15) is 47.5 Å². The Morgan fingerprint density at radius 1 is 0.482 bits per heavy atom. The van der Waals surface area contributed by atoms with Gasteiger partial charge in [0.05, 0.1) is 41.2 Å². The zero-order valence-electron chi connectivity index (χ0n) is 45.0. The third-order valence-corrected chi connectivity index (χ3v) is 14.2. The van der Waals surface area contributed by atoms with E-state index in [0.29, 0.717) is 28.2 Å². The van der Waals surface area contributed by atoms with E-state index < -0.39 is 76.6 Å². The fourth-order valence-electron chi connectivity index (χ4n) is 8.20. The van der Waals surface area contributed by atoms with Crippen molar-refractivity contribution in [3.63, 3.8) is 0 Å². The molecule has 4 aromatic heterocycles. The van der Waals surface area contributed by atoms with Crippen molar-refractivity contribution in [1.29, 1.82) is 0 Å². The molecular formula is C60H51FN12O9S3. The molecule has 85 heavy (non-hydrogen) atoms. The van der Waals surface area contributed by atoms with Crippen LogP contribution in [-0.4, -0.2) is 108 Å². The standard InChI is InChI=1S/C22H20N4O3S.C20H16FN3O3S.C18H15N5O3S/c27-20(22(29)23-16-11-12-16)17(13-14-7-3-1-4-8-14)24-21(28)19-18(25-30-26-19)15-9-5-2-6-10-15;1-12(25)19(26)16(11-13-7-9-15(21)10-8-13)22-20(27)18-17(23-28-24-18)14-5-3-2-4-6-14;19-17(25)16(24)13(9-11-5-2-1-3-6-11)21-18(26)15-14(22-27-23-15)12-7-4-8-20-10-12/h1-10,16-17H,11-13H2,(H,23,29)(H,24,28);2-10,16H,11H2,1H3,(H,22,27);1-8,10,13H,9H2,(H2,19,25)(H,21,26). The van der Waals surface area contributed by atoms with Crippen LogP contribution >= 0.6 is 35.2 Å². The number of hydrogen-bond acceptors (Lipinski definition) is 19. The second-order valence-corrected chi connectivity index (χ2v) is 20.5. The molecule has 25 heteroatoms. The zero-order chi connectivity index (χ0) is 60.2. The lowest BCUT2D eigenvalue weighted by atomic mass is 10.00. The van der Waals surface area contributed by atoms with Gasteiger partial charge in [0.2, 0.25) is 17.3 Å². The lowest BCUT2D eigenvalue weighted by molar-refractivity contribution is -0.139. The third-order valence-electron chi connectivity index (χ3n) is 12.7. The van der Waals surface area contributed by atoms with Crippen LogP contribution in [0.1, 0.15) is 67.9 Å². The fraction of sp³-hybridized carbons (Fsp3) is 0.167. The number of carbonyl (C=O) groups is 9. The van der Waals surface area contributed by atoms with Gasteiger partial charge in [-0.3, -0.25) is 48.1 Å². The normalized spacial score (nSPS) is 12.4. The number of primary amides is 1. The van der Waals surface area contributed by atoms with E-state index in [4.69, 9.17) is 5.73 Å². The van der Waals surface area contributed by atoms with Crippen LogP contribution in [0, 0.1) is 5.82 Å². The number of carbonyl (C=O) groups excluding carboxylic acids is 9. The summed E-state index contributed by atoms with van der Waals surface area (Å²) in [5.74, 6) is -6.89. The first-order chi connectivity index (χ1) is 41.1. The van der Waals surface area contributed by atoms with Gasteiger partial charge in [0, 0.05) is 61.3 Å². The van der Waals surface area contributed by atoms with Gasteiger partial charge in [-0.2, -0.15) is 26.2 Å². The number of rotatable bonds is 22. The molecule has 430 valence electrons. The summed E-state index contributed by atoms with van der Waals surface area (Å²) in [6.45, 7) is 1.14. The first-order valence-electron chi connectivity index (χ1n) is 26.1. The summed E-state index contributed by atoms with van der Waals surface area (Å²) in [4.78, 5) is 115. The van der Waals surface area contributed by atoms with E-state index in [-0.39, 0.29) is 42.4 Å². The molecule has 3 atom stereocenters. The summed E-state index contributed by atoms with van der Waals surface area (Å²) >= 11 is 2.68. The molecule has 9 aromatic rings. The molecule has 4 heterocycles. The van der Waals surface area contributed by atoms with Crippen molar-refractivity contribution in [2.24, 2.45) is 5.73 Å². The summed E-state index contributed by atoms with van der Waals surface area (Å²) in [5.41, 5.74) is 10.9. The lowest BCUT2D eigenvalue weighted by Gasteiger charge is -2.17. The van der Waals surface area contributed by atoms with E-state index in [1.807, 2.05) is 84.9 Å². The number of nitrogens with two attached hydrogens (primary N) is 1. The maximum atomic E-state index is 13.1. The second-order valence-electron chi connectivity index (χ2n) is 18.9. The third kappa shape index (κ3) is 17.2. The molecule has 0 aliphatic heterocycles. The molecule has 0 radical (unpaired) electrons. The Kier molecular flexibility index (Phi) is 21.3. The van der Waals surface area contributed by atoms with Gasteiger partial charge < -0.3 is 27.0 Å². The van der Waals surface area contributed by atoms with Crippen molar-refractivity contribution in [3.8, 4) is 33.8 Å². The predicted molar refractivity (Wildman–Crippen MR) is 314 cm³/mol. The van der Waals surface area contributed by atoms with Crippen molar-refractivity contribution in [1.82, 2.24) is 52.5 Å². The van der Waals surface area contributed by atoms with Crippen LogP contribution in [-0.2, 0) is 48.0 Å². The number of amides is 5. The summed E-state index contributed by atoms with van der Waals surface area (Å²) in [5, 5.41) is 10.5. The van der Waals surface area contributed by atoms with Gasteiger partial charge in [-0.05, 0) is 53.8 Å². The number of pyridine rings is 1. The number of halogens is 1. The average Bonchev–Trinajstić information content (AvgIpc) is 4.16. The molecule has 0 bridgehead atoms. The van der Waals surface area contributed by atoms with Crippen molar-refractivity contribution < 1.29 is 47.5 Å². The van der Waals surface area contributed by atoms with Crippen LogP contribution in [0.3, 0.4) is 0 Å². The predicted octanol–water partition coefficient (Wildman–Crippen LogP) is 6.23. The van der Waals surface area contributed by atoms with Gasteiger partial charge in [0.1, 0.15) is 35.0 Å². The van der Waals surface area contributed by atoms with Gasteiger partial charge in [0.15, 0.2) is 22.9 Å². The molecule has 1 saturated carbocycles. The van der Waals surface area contributed by atoms with E-state index in [0.717, 1.165) is 77.2 Å². The van der Waals surface area contributed by atoms with Gasteiger partial charge in [-0.15, -0.1) is 0 Å². The minimum atomic E-state index is -1.11. The fourth-order valence-corrected chi connectivity index (χ4v) is 9.89. The Morgan fingerprint density at radius 2 is 0.859 bits per heavy atom. The molecule has 5 amide bonds. The molecule has 1 fully saturated rings. The Balaban J connectivity index is 0.000000166. The smallest absolute Gasteiger partial charge is 0.289 e. The number of nitrogens with zero attached hydrogens (tertiary/aromatic N) is 7. The van der Waals surface area contributed by atoms with E-state index >= 15 is 0 Å². The summed E-state index contributed by atoms with van der Waals surface area (Å²) in [7, 11) is 0. The maximum Gasteiger partial charge on any atom is 0.289 e. The second kappa shape index (κ2) is 29.7. The molecular weight excluding hydrogens is 1150 g/mol. The summed E-state index contributed by atoms with van der Waals surface area (Å²) < 4.78 is 37.8. The molecule has 21 nitrogen and oxygen atoms in total. The van der Waals surface area contributed by atoms with Crippen LogP contribution in [0.25, 0.3) is 33.8 Å². The Bertz CT molecular complexity index is 3800. The van der Waals surface area contributed by atoms with Gasteiger partial charge in [-0.25, -0.2) is 4.39 Å². The van der Waals surface area contributed by atoms with Gasteiger partial charge in [0.25, 0.3) is 29.5 Å². The molecule has 6 N–H and O–H groups in total. The monoisotopic (exact) mass is 1200 g/mol. The first kappa shape index (κ1) is 61.0. The number of aromatic nitrogens is 7. The topological polar surface area (TPSA) is 318 Å². The van der Waals surface area contributed by atoms with Gasteiger partial charge in [-0.1, -0.05) is 133 Å². The molecule has 10 rings (SSSR count). The van der Waals surface area contributed by atoms with Crippen molar-refractivity contribution in [2.45, 2.75) is 63.2 Å². The number of hydrogen-bond donors (Lipinski definition) is 5. The van der Waals surface area contributed by atoms with Crippen LogP contribution in [0.4, 0.5) is 4.39 Å². The van der Waals surface area contributed by atoms with Crippen molar-refractivity contribution >= 4 is 87.9 Å². The average molecular weight is 1200 g/mol.